The van der Waals surface area contributed by atoms with Crippen molar-refractivity contribution in [2.24, 2.45) is 12.8 Å². The number of nitrogens with two attached hydrogens (primary N) is 1. The van der Waals surface area contributed by atoms with Crippen LogP contribution >= 0.6 is 0 Å². The molecular formula is C14H20N4O. The highest BCUT2D eigenvalue weighted by Crippen LogP contribution is 2.13. The molecule has 1 heterocycles. The van der Waals surface area contributed by atoms with E-state index in [1.165, 1.54) is 0 Å². The molecule has 0 aliphatic carbocycles. The van der Waals surface area contributed by atoms with Gasteiger partial charge in [-0.05, 0) is 31.5 Å². The average Bonchev–Trinajstić information content (AvgIpc) is 2.71. The number of nitrogens with one attached hydrogen (secondary N) is 1. The fourth-order valence-electron chi connectivity index (χ4n) is 2.10. The molecule has 3 N–H and O–H groups in total. The number of fused-ring (bicyclic) bond motifs is 1. The van der Waals surface area contributed by atoms with Crippen molar-refractivity contribution >= 4 is 16.9 Å². The fraction of sp³-hybridized carbons (Fsp3) is 0.429. The predicted octanol–water partition coefficient (Wildman–Crippen LogP) is 1.32. The van der Waals surface area contributed by atoms with Gasteiger partial charge in [-0.1, -0.05) is 12.1 Å². The molecule has 0 fully saturated rings. The van der Waals surface area contributed by atoms with Gasteiger partial charge in [0.05, 0.1) is 17.6 Å². The first-order chi connectivity index (χ1) is 9.18. The molecule has 102 valence electrons. The summed E-state index contributed by atoms with van der Waals surface area (Å²) in [5.74, 6) is 0.798. The highest BCUT2D eigenvalue weighted by atomic mass is 16.1. The summed E-state index contributed by atoms with van der Waals surface area (Å²) in [4.78, 5) is 15.2. The first kappa shape index (κ1) is 13.5. The monoisotopic (exact) mass is 260 g/mol. The number of aryl methyl sites for hydroxylation is 1. The van der Waals surface area contributed by atoms with Gasteiger partial charge >= 0.3 is 0 Å². The van der Waals surface area contributed by atoms with Crippen LogP contribution in [-0.2, 0) is 18.4 Å². The maximum absolute atomic E-state index is 10.6. The highest BCUT2D eigenvalue weighted by Gasteiger charge is 2.05. The van der Waals surface area contributed by atoms with Crippen LogP contribution in [0, 0.1) is 0 Å². The lowest BCUT2D eigenvalue weighted by molar-refractivity contribution is -0.118. The van der Waals surface area contributed by atoms with Crippen molar-refractivity contribution in [3.8, 4) is 0 Å². The number of carbonyl (C=O) groups excluding carboxylic acids is 1. The van der Waals surface area contributed by atoms with Crippen LogP contribution in [0.25, 0.3) is 11.0 Å². The molecule has 1 amide bonds. The number of primary amides is 1. The summed E-state index contributed by atoms with van der Waals surface area (Å²) < 4.78 is 2.10. The molecule has 19 heavy (non-hydrogen) atoms. The Kier molecular flexibility index (Phi) is 4.52. The number of imidazole rings is 1. The fourth-order valence-corrected chi connectivity index (χ4v) is 2.10. The van der Waals surface area contributed by atoms with Crippen LogP contribution in [0.1, 0.15) is 25.1 Å². The van der Waals surface area contributed by atoms with Crippen LogP contribution in [-0.4, -0.2) is 22.0 Å². The minimum absolute atomic E-state index is 0.227. The van der Waals surface area contributed by atoms with E-state index in [-0.39, 0.29) is 5.91 Å². The number of hydrogen-bond acceptors (Lipinski definition) is 3. The standard InChI is InChI=1S/C14H20N4O/c1-18-12-7-3-2-6-11(12)17-14(18)10-16-9-5-4-8-13(15)19/h2-3,6-7,16H,4-5,8-10H2,1H3,(H2,15,19). The molecule has 0 aliphatic heterocycles. The van der Waals surface area contributed by atoms with Crippen molar-refractivity contribution < 1.29 is 4.79 Å². The Morgan fingerprint density at radius 3 is 2.89 bits per heavy atom. The van der Waals surface area contributed by atoms with E-state index in [2.05, 4.69) is 20.9 Å². The van der Waals surface area contributed by atoms with E-state index in [0.717, 1.165) is 42.8 Å². The first-order valence-corrected chi connectivity index (χ1v) is 6.58. The van der Waals surface area contributed by atoms with E-state index in [0.29, 0.717) is 6.42 Å². The van der Waals surface area contributed by atoms with Gasteiger partial charge < -0.3 is 15.6 Å². The van der Waals surface area contributed by atoms with E-state index in [4.69, 9.17) is 5.73 Å². The van der Waals surface area contributed by atoms with Crippen LogP contribution in [0.5, 0.6) is 0 Å². The van der Waals surface area contributed by atoms with Gasteiger partial charge in [-0.25, -0.2) is 4.98 Å². The van der Waals surface area contributed by atoms with Gasteiger partial charge in [-0.15, -0.1) is 0 Å². The molecule has 0 saturated carbocycles. The van der Waals surface area contributed by atoms with Crippen LogP contribution in [0.4, 0.5) is 0 Å². The number of benzene rings is 1. The molecule has 1 aromatic carbocycles. The quantitative estimate of drug-likeness (QED) is 0.737. The van der Waals surface area contributed by atoms with Crippen molar-refractivity contribution in [2.45, 2.75) is 25.8 Å². The lowest BCUT2D eigenvalue weighted by Crippen LogP contribution is -2.18. The summed E-state index contributed by atoms with van der Waals surface area (Å²) in [7, 11) is 2.03. The third-order valence-corrected chi connectivity index (χ3v) is 3.19. The number of rotatable bonds is 7. The van der Waals surface area contributed by atoms with E-state index in [1.807, 2.05) is 25.2 Å². The van der Waals surface area contributed by atoms with E-state index in [9.17, 15) is 4.79 Å². The predicted molar refractivity (Wildman–Crippen MR) is 75.5 cm³/mol. The molecule has 0 aliphatic rings. The summed E-state index contributed by atoms with van der Waals surface area (Å²) in [5.41, 5.74) is 7.26. The number of unbranched alkanes of at least 4 members (excludes halogenated alkanes) is 1. The molecule has 0 spiro atoms. The number of hydrogen-bond donors (Lipinski definition) is 2. The van der Waals surface area contributed by atoms with Crippen molar-refractivity contribution in [1.29, 1.82) is 0 Å². The number of carbonyl (C=O) groups is 1. The van der Waals surface area contributed by atoms with E-state index >= 15 is 0 Å². The normalized spacial score (nSPS) is 11.0. The molecule has 0 bridgehead atoms. The zero-order valence-electron chi connectivity index (χ0n) is 11.2. The molecular weight excluding hydrogens is 240 g/mol. The zero-order valence-corrected chi connectivity index (χ0v) is 11.2. The molecule has 2 aromatic rings. The summed E-state index contributed by atoms with van der Waals surface area (Å²) in [6, 6.07) is 8.10. The second-order valence-electron chi connectivity index (χ2n) is 4.68. The van der Waals surface area contributed by atoms with Crippen LogP contribution in [0.15, 0.2) is 24.3 Å². The molecule has 5 nitrogen and oxygen atoms in total. The molecule has 0 saturated heterocycles. The average molecular weight is 260 g/mol. The number of aromatic nitrogens is 2. The van der Waals surface area contributed by atoms with Crippen molar-refractivity contribution in [2.75, 3.05) is 6.54 Å². The van der Waals surface area contributed by atoms with Crippen molar-refractivity contribution in [1.82, 2.24) is 14.9 Å². The number of amides is 1. The Bertz CT molecular complexity index is 562. The maximum Gasteiger partial charge on any atom is 0.217 e. The Hall–Kier alpha value is -1.88. The summed E-state index contributed by atoms with van der Waals surface area (Å²) in [6.07, 6.45) is 2.26. The molecule has 0 unspecified atom stereocenters. The maximum atomic E-state index is 10.6. The van der Waals surface area contributed by atoms with Crippen LogP contribution in [0.3, 0.4) is 0 Å². The Morgan fingerprint density at radius 2 is 2.16 bits per heavy atom. The summed E-state index contributed by atoms with van der Waals surface area (Å²) in [5, 5.41) is 3.34. The minimum Gasteiger partial charge on any atom is -0.370 e. The third kappa shape index (κ3) is 3.54. The Balaban J connectivity index is 1.82. The van der Waals surface area contributed by atoms with Crippen LogP contribution in [0.2, 0.25) is 0 Å². The summed E-state index contributed by atoms with van der Waals surface area (Å²) >= 11 is 0. The molecule has 0 radical (unpaired) electrons. The third-order valence-electron chi connectivity index (χ3n) is 3.19. The zero-order chi connectivity index (χ0) is 13.7. The topological polar surface area (TPSA) is 72.9 Å². The van der Waals surface area contributed by atoms with E-state index < -0.39 is 0 Å². The lowest BCUT2D eigenvalue weighted by atomic mass is 10.2. The Labute approximate surface area is 112 Å². The molecule has 2 rings (SSSR count). The summed E-state index contributed by atoms with van der Waals surface area (Å²) in [6.45, 7) is 1.61. The number of para-hydroxylation sites is 2. The SMILES string of the molecule is Cn1c(CNCCCCC(N)=O)nc2ccccc21. The van der Waals surface area contributed by atoms with Gasteiger partial charge in [-0.2, -0.15) is 0 Å². The first-order valence-electron chi connectivity index (χ1n) is 6.58. The van der Waals surface area contributed by atoms with Gasteiger partial charge in [0.2, 0.25) is 5.91 Å². The van der Waals surface area contributed by atoms with Crippen molar-refractivity contribution in [3.63, 3.8) is 0 Å². The largest absolute Gasteiger partial charge is 0.370 e. The highest BCUT2D eigenvalue weighted by molar-refractivity contribution is 5.75. The van der Waals surface area contributed by atoms with Gasteiger partial charge in [0, 0.05) is 13.5 Å². The minimum atomic E-state index is -0.227. The van der Waals surface area contributed by atoms with E-state index in [1.54, 1.807) is 0 Å². The Morgan fingerprint density at radius 1 is 1.37 bits per heavy atom. The van der Waals surface area contributed by atoms with Gasteiger partial charge in [0.1, 0.15) is 5.82 Å². The van der Waals surface area contributed by atoms with Gasteiger partial charge in [0.25, 0.3) is 0 Å². The van der Waals surface area contributed by atoms with Crippen molar-refractivity contribution in [3.05, 3.63) is 30.1 Å². The van der Waals surface area contributed by atoms with Gasteiger partial charge in [-0.3, -0.25) is 4.79 Å². The smallest absolute Gasteiger partial charge is 0.217 e. The second-order valence-corrected chi connectivity index (χ2v) is 4.68. The number of nitrogens with zero attached hydrogens (tertiary/aromatic N) is 2. The second kappa shape index (κ2) is 6.33. The molecule has 1 aromatic heterocycles. The molecule has 5 heteroatoms. The lowest BCUT2D eigenvalue weighted by Gasteiger charge is -2.04. The molecule has 0 atom stereocenters. The van der Waals surface area contributed by atoms with Crippen LogP contribution < -0.4 is 11.1 Å². The van der Waals surface area contributed by atoms with Gasteiger partial charge in [0.15, 0.2) is 0 Å².